The largest absolute Gasteiger partial charge is 0.497 e. The van der Waals surface area contributed by atoms with Gasteiger partial charge in [0.2, 0.25) is 5.91 Å². The number of ether oxygens (including phenoxy) is 3. The molecule has 152 valence electrons. The normalized spacial score (nSPS) is 15.6. The van der Waals surface area contributed by atoms with Crippen molar-refractivity contribution in [2.45, 2.75) is 31.7 Å². The van der Waals surface area contributed by atoms with E-state index < -0.39 is 0 Å². The van der Waals surface area contributed by atoms with Crippen LogP contribution in [0.5, 0.6) is 17.2 Å². The summed E-state index contributed by atoms with van der Waals surface area (Å²) in [5.41, 5.74) is 4.36. The topological polar surface area (TPSA) is 72.6 Å². The zero-order valence-corrected chi connectivity index (χ0v) is 17.0. The number of rotatable bonds is 6. The first-order valence-corrected chi connectivity index (χ1v) is 9.81. The molecule has 0 aliphatic heterocycles. The predicted molar refractivity (Wildman–Crippen MR) is 112 cm³/mol. The van der Waals surface area contributed by atoms with Crippen LogP contribution in [0.15, 0.2) is 36.4 Å². The van der Waals surface area contributed by atoms with E-state index in [1.54, 1.807) is 21.3 Å². The number of aromatic nitrogens is 1. The first-order chi connectivity index (χ1) is 14.1. The van der Waals surface area contributed by atoms with Crippen LogP contribution in [0.4, 0.5) is 0 Å². The Morgan fingerprint density at radius 1 is 1.07 bits per heavy atom. The SMILES string of the molecule is COc1ccc2[nH]c3c(c2c1)CCC[C@H]3NC(=O)Cc1ccc(OC)c(OC)c1. The van der Waals surface area contributed by atoms with Crippen molar-refractivity contribution in [2.24, 2.45) is 0 Å². The second-order valence-electron chi connectivity index (χ2n) is 7.31. The molecule has 0 spiro atoms. The van der Waals surface area contributed by atoms with E-state index in [2.05, 4.69) is 16.4 Å². The van der Waals surface area contributed by atoms with Gasteiger partial charge in [0.05, 0.1) is 33.8 Å². The molecule has 0 bridgehead atoms. The van der Waals surface area contributed by atoms with Crippen molar-refractivity contribution in [1.82, 2.24) is 10.3 Å². The fraction of sp³-hybridized carbons (Fsp3) is 0.348. The molecule has 1 aliphatic rings. The van der Waals surface area contributed by atoms with Crippen molar-refractivity contribution in [3.8, 4) is 17.2 Å². The van der Waals surface area contributed by atoms with Crippen LogP contribution in [-0.2, 0) is 17.6 Å². The molecule has 1 aliphatic carbocycles. The summed E-state index contributed by atoms with van der Waals surface area (Å²) in [5, 5.41) is 4.38. The van der Waals surface area contributed by atoms with E-state index >= 15 is 0 Å². The maximum atomic E-state index is 12.7. The highest BCUT2D eigenvalue weighted by atomic mass is 16.5. The van der Waals surface area contributed by atoms with Gasteiger partial charge in [-0.15, -0.1) is 0 Å². The number of fused-ring (bicyclic) bond motifs is 3. The van der Waals surface area contributed by atoms with Gasteiger partial charge in [0.1, 0.15) is 5.75 Å². The third-order valence-electron chi connectivity index (χ3n) is 5.56. The molecule has 6 heteroatoms. The Balaban J connectivity index is 1.53. The predicted octanol–water partition coefficient (Wildman–Crippen LogP) is 3.93. The highest BCUT2D eigenvalue weighted by molar-refractivity contribution is 5.87. The molecular formula is C23H26N2O4. The monoisotopic (exact) mass is 394 g/mol. The number of H-pyrrole nitrogens is 1. The van der Waals surface area contributed by atoms with Crippen molar-refractivity contribution < 1.29 is 19.0 Å². The first-order valence-electron chi connectivity index (χ1n) is 9.81. The van der Waals surface area contributed by atoms with Gasteiger partial charge in [-0.25, -0.2) is 0 Å². The molecule has 29 heavy (non-hydrogen) atoms. The number of aryl methyl sites for hydroxylation is 1. The molecule has 6 nitrogen and oxygen atoms in total. The van der Waals surface area contributed by atoms with Crippen LogP contribution in [0.25, 0.3) is 10.9 Å². The lowest BCUT2D eigenvalue weighted by Crippen LogP contribution is -2.32. The van der Waals surface area contributed by atoms with Gasteiger partial charge in [0, 0.05) is 16.6 Å². The van der Waals surface area contributed by atoms with Gasteiger partial charge in [0.25, 0.3) is 0 Å². The average Bonchev–Trinajstić information content (AvgIpc) is 3.12. The molecule has 4 rings (SSSR count). The lowest BCUT2D eigenvalue weighted by atomic mass is 9.91. The smallest absolute Gasteiger partial charge is 0.224 e. The van der Waals surface area contributed by atoms with E-state index in [0.717, 1.165) is 41.8 Å². The van der Waals surface area contributed by atoms with Crippen LogP contribution < -0.4 is 19.5 Å². The zero-order chi connectivity index (χ0) is 20.4. The molecule has 1 aromatic heterocycles. The van der Waals surface area contributed by atoms with Crippen molar-refractivity contribution in [3.63, 3.8) is 0 Å². The van der Waals surface area contributed by atoms with E-state index in [4.69, 9.17) is 14.2 Å². The van der Waals surface area contributed by atoms with Crippen LogP contribution >= 0.6 is 0 Å². The quantitative estimate of drug-likeness (QED) is 0.664. The van der Waals surface area contributed by atoms with Crippen LogP contribution in [0.2, 0.25) is 0 Å². The minimum Gasteiger partial charge on any atom is -0.497 e. The third kappa shape index (κ3) is 3.75. The molecule has 0 unspecified atom stereocenters. The van der Waals surface area contributed by atoms with Crippen molar-refractivity contribution in [2.75, 3.05) is 21.3 Å². The molecule has 2 aromatic carbocycles. The zero-order valence-electron chi connectivity index (χ0n) is 17.0. The summed E-state index contributed by atoms with van der Waals surface area (Å²) < 4.78 is 16.0. The molecule has 0 saturated carbocycles. The Morgan fingerprint density at radius 2 is 1.90 bits per heavy atom. The highest BCUT2D eigenvalue weighted by Crippen LogP contribution is 2.36. The van der Waals surface area contributed by atoms with Gasteiger partial charge in [-0.3, -0.25) is 4.79 Å². The summed E-state index contributed by atoms with van der Waals surface area (Å²) in [6.07, 6.45) is 3.26. The Morgan fingerprint density at radius 3 is 2.66 bits per heavy atom. The summed E-state index contributed by atoms with van der Waals surface area (Å²) in [5.74, 6) is 2.12. The number of hydrogen-bond acceptors (Lipinski definition) is 4. The second kappa shape index (κ2) is 8.07. The minimum absolute atomic E-state index is 0.00805. The standard InChI is InChI=1S/C23H26N2O4/c1-27-15-8-9-18-17(13-15)16-5-4-6-19(23(16)25-18)24-22(26)12-14-7-10-20(28-2)21(11-14)29-3/h7-11,13,19,25H,4-6,12H2,1-3H3,(H,24,26)/t19-/m1/s1. The van der Waals surface area contributed by atoms with Crippen LogP contribution in [0.1, 0.15) is 35.7 Å². The van der Waals surface area contributed by atoms with E-state index in [0.29, 0.717) is 17.9 Å². The average molecular weight is 394 g/mol. The number of amides is 1. The highest BCUT2D eigenvalue weighted by Gasteiger charge is 2.26. The van der Waals surface area contributed by atoms with E-state index in [-0.39, 0.29) is 11.9 Å². The summed E-state index contributed by atoms with van der Waals surface area (Å²) >= 11 is 0. The summed E-state index contributed by atoms with van der Waals surface area (Å²) in [4.78, 5) is 16.3. The molecule has 1 atom stereocenters. The van der Waals surface area contributed by atoms with Gasteiger partial charge in [-0.1, -0.05) is 6.07 Å². The Kier molecular flexibility index (Phi) is 5.34. The number of hydrogen-bond donors (Lipinski definition) is 2. The molecule has 0 radical (unpaired) electrons. The number of nitrogens with one attached hydrogen (secondary N) is 2. The summed E-state index contributed by atoms with van der Waals surface area (Å²) in [6.45, 7) is 0. The molecule has 1 heterocycles. The van der Waals surface area contributed by atoms with Crippen molar-refractivity contribution in [3.05, 3.63) is 53.2 Å². The number of aromatic amines is 1. The van der Waals surface area contributed by atoms with E-state index in [1.807, 2.05) is 30.3 Å². The number of carbonyl (C=O) groups is 1. The molecule has 2 N–H and O–H groups in total. The van der Waals surface area contributed by atoms with E-state index in [1.165, 1.54) is 10.9 Å². The maximum Gasteiger partial charge on any atom is 0.224 e. The molecule has 1 amide bonds. The second-order valence-corrected chi connectivity index (χ2v) is 7.31. The Hall–Kier alpha value is -3.15. The van der Waals surface area contributed by atoms with Gasteiger partial charge in [-0.2, -0.15) is 0 Å². The Bertz CT molecular complexity index is 1040. The van der Waals surface area contributed by atoms with Crippen LogP contribution in [-0.4, -0.2) is 32.2 Å². The van der Waals surface area contributed by atoms with Gasteiger partial charge in [0.15, 0.2) is 11.5 Å². The molecule has 0 fully saturated rings. The fourth-order valence-corrected chi connectivity index (χ4v) is 4.13. The summed E-state index contributed by atoms with van der Waals surface area (Å²) in [7, 11) is 4.87. The lowest BCUT2D eigenvalue weighted by Gasteiger charge is -2.24. The van der Waals surface area contributed by atoms with Crippen molar-refractivity contribution >= 4 is 16.8 Å². The fourth-order valence-electron chi connectivity index (χ4n) is 4.13. The number of benzene rings is 2. The van der Waals surface area contributed by atoms with E-state index in [9.17, 15) is 4.79 Å². The molecular weight excluding hydrogens is 368 g/mol. The summed E-state index contributed by atoms with van der Waals surface area (Å²) in [6, 6.07) is 11.6. The van der Waals surface area contributed by atoms with Gasteiger partial charge >= 0.3 is 0 Å². The maximum absolute atomic E-state index is 12.7. The molecule has 3 aromatic rings. The third-order valence-corrected chi connectivity index (χ3v) is 5.56. The van der Waals surface area contributed by atoms with Gasteiger partial charge < -0.3 is 24.5 Å². The van der Waals surface area contributed by atoms with Crippen LogP contribution in [0.3, 0.4) is 0 Å². The Labute approximate surface area is 170 Å². The lowest BCUT2D eigenvalue weighted by molar-refractivity contribution is -0.121. The van der Waals surface area contributed by atoms with Crippen molar-refractivity contribution in [1.29, 1.82) is 0 Å². The number of carbonyl (C=O) groups excluding carboxylic acids is 1. The number of methoxy groups -OCH3 is 3. The van der Waals surface area contributed by atoms with Gasteiger partial charge in [-0.05, 0) is 60.7 Å². The molecule has 0 saturated heterocycles. The minimum atomic E-state index is -0.00945. The first kappa shape index (κ1) is 19.2. The van der Waals surface area contributed by atoms with Crippen LogP contribution in [0, 0.1) is 0 Å².